The number of nitrogens with zero attached hydrogens (tertiary/aromatic N) is 4. The SMILES string of the molecule is Cn1ccnc1Sc1nc2sccn2c1CNC(C)(C)C. The van der Waals surface area contributed by atoms with Gasteiger partial charge >= 0.3 is 0 Å². The predicted molar refractivity (Wildman–Crippen MR) is 87.0 cm³/mol. The molecule has 0 atom stereocenters. The first-order valence-corrected chi connectivity index (χ1v) is 8.48. The Kier molecular flexibility index (Phi) is 3.81. The second-order valence-electron chi connectivity index (χ2n) is 5.95. The monoisotopic (exact) mass is 321 g/mol. The number of hydrogen-bond acceptors (Lipinski definition) is 5. The fourth-order valence-electron chi connectivity index (χ4n) is 1.94. The van der Waals surface area contributed by atoms with E-state index in [9.17, 15) is 0 Å². The van der Waals surface area contributed by atoms with Gasteiger partial charge in [-0.15, -0.1) is 11.3 Å². The normalized spacial score (nSPS) is 12.4. The second kappa shape index (κ2) is 5.47. The number of thiazole rings is 1. The minimum atomic E-state index is 0.0747. The van der Waals surface area contributed by atoms with E-state index in [1.54, 1.807) is 23.1 Å². The quantitative estimate of drug-likeness (QED) is 0.802. The van der Waals surface area contributed by atoms with Crippen LogP contribution in [0.5, 0.6) is 0 Å². The summed E-state index contributed by atoms with van der Waals surface area (Å²) in [5.74, 6) is 0. The van der Waals surface area contributed by atoms with Crippen LogP contribution < -0.4 is 5.32 Å². The van der Waals surface area contributed by atoms with Crippen molar-refractivity contribution in [3.8, 4) is 0 Å². The third-order valence-electron chi connectivity index (χ3n) is 3.08. The fourth-order valence-corrected chi connectivity index (χ4v) is 3.64. The van der Waals surface area contributed by atoms with Crippen molar-refractivity contribution in [3.05, 3.63) is 29.7 Å². The molecule has 1 N–H and O–H groups in total. The number of imidazole rings is 2. The summed E-state index contributed by atoms with van der Waals surface area (Å²) in [5, 5.41) is 7.59. The molecule has 0 fully saturated rings. The molecule has 3 aromatic heterocycles. The van der Waals surface area contributed by atoms with E-state index in [1.807, 2.05) is 24.0 Å². The highest BCUT2D eigenvalue weighted by molar-refractivity contribution is 7.99. The molecule has 3 aromatic rings. The highest BCUT2D eigenvalue weighted by atomic mass is 32.2. The van der Waals surface area contributed by atoms with Crippen LogP contribution in [-0.4, -0.2) is 24.5 Å². The first-order valence-electron chi connectivity index (χ1n) is 6.79. The van der Waals surface area contributed by atoms with E-state index >= 15 is 0 Å². The van der Waals surface area contributed by atoms with Crippen LogP contribution in [0, 0.1) is 0 Å². The third-order valence-corrected chi connectivity index (χ3v) is 4.93. The number of aryl methyl sites for hydroxylation is 1. The Hall–Kier alpha value is -1.31. The highest BCUT2D eigenvalue weighted by Crippen LogP contribution is 2.30. The Bertz CT molecular complexity index is 747. The van der Waals surface area contributed by atoms with E-state index in [0.29, 0.717) is 0 Å². The van der Waals surface area contributed by atoms with Crippen molar-refractivity contribution in [2.45, 2.75) is 43.0 Å². The number of hydrogen-bond donors (Lipinski definition) is 1. The molecule has 0 unspecified atom stereocenters. The Morgan fingerprint density at radius 1 is 1.33 bits per heavy atom. The Morgan fingerprint density at radius 3 is 2.81 bits per heavy atom. The summed E-state index contributed by atoms with van der Waals surface area (Å²) >= 11 is 3.27. The first kappa shape index (κ1) is 14.6. The van der Waals surface area contributed by atoms with Gasteiger partial charge in [0.15, 0.2) is 10.1 Å². The molecule has 0 saturated carbocycles. The van der Waals surface area contributed by atoms with Gasteiger partial charge in [-0.05, 0) is 32.5 Å². The lowest BCUT2D eigenvalue weighted by molar-refractivity contribution is 0.418. The number of fused-ring (bicyclic) bond motifs is 1. The van der Waals surface area contributed by atoms with Gasteiger partial charge in [0, 0.05) is 43.1 Å². The lowest BCUT2D eigenvalue weighted by atomic mass is 10.1. The van der Waals surface area contributed by atoms with Crippen LogP contribution in [0.3, 0.4) is 0 Å². The molecular weight excluding hydrogens is 302 g/mol. The van der Waals surface area contributed by atoms with Crippen LogP contribution in [0.1, 0.15) is 26.5 Å². The molecule has 3 heterocycles. The zero-order chi connectivity index (χ0) is 15.0. The largest absolute Gasteiger partial charge is 0.329 e. The topological polar surface area (TPSA) is 47.2 Å². The maximum atomic E-state index is 4.74. The van der Waals surface area contributed by atoms with Crippen molar-refractivity contribution in [2.24, 2.45) is 7.05 Å². The molecule has 0 spiro atoms. The number of aromatic nitrogens is 4. The maximum Gasteiger partial charge on any atom is 0.194 e. The maximum absolute atomic E-state index is 4.74. The summed E-state index contributed by atoms with van der Waals surface area (Å²) < 4.78 is 4.17. The van der Waals surface area contributed by atoms with Gasteiger partial charge in [0.2, 0.25) is 0 Å². The fraction of sp³-hybridized carbons (Fsp3) is 0.429. The molecule has 0 bridgehead atoms. The van der Waals surface area contributed by atoms with Crippen LogP contribution >= 0.6 is 23.1 Å². The molecular formula is C14H19N5S2. The smallest absolute Gasteiger partial charge is 0.194 e. The minimum absolute atomic E-state index is 0.0747. The summed E-state index contributed by atoms with van der Waals surface area (Å²) in [5.41, 5.74) is 1.26. The van der Waals surface area contributed by atoms with Crippen LogP contribution in [0.2, 0.25) is 0 Å². The highest BCUT2D eigenvalue weighted by Gasteiger charge is 2.18. The number of nitrogens with one attached hydrogen (secondary N) is 1. The lowest BCUT2D eigenvalue weighted by Gasteiger charge is -2.20. The summed E-state index contributed by atoms with van der Waals surface area (Å²) in [6.07, 6.45) is 5.84. The summed E-state index contributed by atoms with van der Waals surface area (Å²) in [7, 11) is 2.00. The average Bonchev–Trinajstić information content (AvgIpc) is 3.04. The van der Waals surface area contributed by atoms with E-state index in [4.69, 9.17) is 4.98 Å². The lowest BCUT2D eigenvalue weighted by Crippen LogP contribution is -2.35. The minimum Gasteiger partial charge on any atom is -0.329 e. The standard InChI is InChI=1S/C14H19N5S2/c1-14(2,3)16-9-10-11(17-13-19(10)7-8-20-13)21-12-15-5-6-18(12)4/h5-8,16H,9H2,1-4H3. The van der Waals surface area contributed by atoms with Gasteiger partial charge in [0.05, 0.1) is 5.69 Å². The van der Waals surface area contributed by atoms with Crippen LogP contribution in [0.25, 0.3) is 4.96 Å². The zero-order valence-electron chi connectivity index (χ0n) is 12.6. The molecule has 21 heavy (non-hydrogen) atoms. The van der Waals surface area contributed by atoms with Gasteiger partial charge in [-0.3, -0.25) is 4.40 Å². The van der Waals surface area contributed by atoms with Gasteiger partial charge < -0.3 is 9.88 Å². The second-order valence-corrected chi connectivity index (χ2v) is 7.77. The predicted octanol–water partition coefficient (Wildman–Crippen LogP) is 3.17. The summed E-state index contributed by atoms with van der Waals surface area (Å²) in [6.45, 7) is 7.30. The molecule has 0 aliphatic heterocycles. The van der Waals surface area contributed by atoms with Gasteiger partial charge in [0.1, 0.15) is 5.03 Å². The molecule has 0 radical (unpaired) electrons. The van der Waals surface area contributed by atoms with E-state index in [1.165, 1.54) is 5.69 Å². The molecule has 0 saturated heterocycles. The van der Waals surface area contributed by atoms with Crippen LogP contribution in [-0.2, 0) is 13.6 Å². The van der Waals surface area contributed by atoms with Crippen molar-refractivity contribution >= 4 is 28.1 Å². The third kappa shape index (κ3) is 3.14. The van der Waals surface area contributed by atoms with Crippen molar-refractivity contribution in [2.75, 3.05) is 0 Å². The number of rotatable bonds is 4. The van der Waals surface area contributed by atoms with E-state index in [2.05, 4.69) is 47.0 Å². The Morgan fingerprint density at radius 2 is 2.14 bits per heavy atom. The van der Waals surface area contributed by atoms with Crippen molar-refractivity contribution in [3.63, 3.8) is 0 Å². The van der Waals surface area contributed by atoms with Gasteiger partial charge in [-0.2, -0.15) is 0 Å². The molecule has 0 aliphatic carbocycles. The summed E-state index contributed by atoms with van der Waals surface area (Å²) in [6, 6.07) is 0. The summed E-state index contributed by atoms with van der Waals surface area (Å²) in [4.78, 5) is 10.1. The van der Waals surface area contributed by atoms with Crippen molar-refractivity contribution in [1.29, 1.82) is 0 Å². The van der Waals surface area contributed by atoms with Gasteiger partial charge in [-0.25, -0.2) is 9.97 Å². The Labute approximate surface area is 132 Å². The van der Waals surface area contributed by atoms with E-state index in [0.717, 1.165) is 21.7 Å². The molecule has 0 aliphatic rings. The van der Waals surface area contributed by atoms with E-state index in [-0.39, 0.29) is 5.54 Å². The van der Waals surface area contributed by atoms with E-state index < -0.39 is 0 Å². The average molecular weight is 321 g/mol. The van der Waals surface area contributed by atoms with Crippen molar-refractivity contribution in [1.82, 2.24) is 24.3 Å². The van der Waals surface area contributed by atoms with Crippen LogP contribution in [0.4, 0.5) is 0 Å². The molecule has 5 nitrogen and oxygen atoms in total. The van der Waals surface area contributed by atoms with Crippen molar-refractivity contribution < 1.29 is 0 Å². The molecule has 0 amide bonds. The van der Waals surface area contributed by atoms with Gasteiger partial charge in [-0.1, -0.05) is 0 Å². The Balaban J connectivity index is 1.93. The first-order chi connectivity index (χ1) is 9.94. The van der Waals surface area contributed by atoms with Crippen LogP contribution in [0.15, 0.2) is 34.2 Å². The van der Waals surface area contributed by atoms with Gasteiger partial charge in [0.25, 0.3) is 0 Å². The molecule has 112 valence electrons. The molecule has 0 aromatic carbocycles. The molecule has 7 heteroatoms. The zero-order valence-corrected chi connectivity index (χ0v) is 14.3. The molecule has 3 rings (SSSR count).